The van der Waals surface area contributed by atoms with Gasteiger partial charge in [-0.15, -0.1) is 0 Å². The van der Waals surface area contributed by atoms with E-state index >= 15 is 0 Å². The van der Waals surface area contributed by atoms with Gasteiger partial charge < -0.3 is 5.32 Å². The second-order valence-corrected chi connectivity index (χ2v) is 4.79. The number of hydrogen-bond donors (Lipinski definition) is 1. The highest BCUT2D eigenvalue weighted by Gasteiger charge is 2.21. The largest absolute Gasteiger partial charge is 0.388 e. The Morgan fingerprint density at radius 3 is 2.82 bits per heavy atom. The molecule has 0 aromatic carbocycles. The van der Waals surface area contributed by atoms with Crippen molar-refractivity contribution in [3.8, 4) is 0 Å². The van der Waals surface area contributed by atoms with E-state index < -0.39 is 0 Å². The zero-order chi connectivity index (χ0) is 12.1. The highest BCUT2D eigenvalue weighted by molar-refractivity contribution is 5.42. The van der Waals surface area contributed by atoms with Gasteiger partial charge in [-0.2, -0.15) is 0 Å². The third-order valence-corrected chi connectivity index (χ3v) is 3.72. The van der Waals surface area contributed by atoms with E-state index in [-0.39, 0.29) is 0 Å². The maximum absolute atomic E-state index is 4.46. The van der Waals surface area contributed by atoms with Crippen molar-refractivity contribution in [1.29, 1.82) is 0 Å². The standard InChI is InChI=1S/C14H23N3/c1-3-17(14-6-4-5-7-14)11-13-10-12(15-2)8-9-16-13/h8-10,14H,3-7,11H2,1-2H3,(H,15,16). The Morgan fingerprint density at radius 1 is 1.41 bits per heavy atom. The third kappa shape index (κ3) is 3.19. The Hall–Kier alpha value is -1.09. The van der Waals surface area contributed by atoms with Crippen molar-refractivity contribution < 1.29 is 0 Å². The number of nitrogens with zero attached hydrogens (tertiary/aromatic N) is 2. The second-order valence-electron chi connectivity index (χ2n) is 4.79. The molecule has 0 aliphatic heterocycles. The first-order valence-corrected chi connectivity index (χ1v) is 6.70. The van der Waals surface area contributed by atoms with Gasteiger partial charge in [0.15, 0.2) is 0 Å². The van der Waals surface area contributed by atoms with E-state index in [0.29, 0.717) is 0 Å². The van der Waals surface area contributed by atoms with Gasteiger partial charge in [-0.1, -0.05) is 19.8 Å². The highest BCUT2D eigenvalue weighted by Crippen LogP contribution is 2.24. The maximum Gasteiger partial charge on any atom is 0.0564 e. The molecule has 94 valence electrons. The van der Waals surface area contributed by atoms with Crippen LogP contribution in [0.25, 0.3) is 0 Å². The van der Waals surface area contributed by atoms with Crippen molar-refractivity contribution in [1.82, 2.24) is 9.88 Å². The van der Waals surface area contributed by atoms with E-state index in [0.717, 1.165) is 24.8 Å². The van der Waals surface area contributed by atoms with Crippen molar-refractivity contribution in [2.45, 2.75) is 45.2 Å². The predicted octanol–water partition coefficient (Wildman–Crippen LogP) is 2.89. The molecule has 3 nitrogen and oxygen atoms in total. The smallest absolute Gasteiger partial charge is 0.0564 e. The minimum atomic E-state index is 0.778. The van der Waals surface area contributed by atoms with Gasteiger partial charge in [0.05, 0.1) is 5.69 Å². The molecule has 0 amide bonds. The van der Waals surface area contributed by atoms with Crippen LogP contribution in [0.5, 0.6) is 0 Å². The molecular weight excluding hydrogens is 210 g/mol. The van der Waals surface area contributed by atoms with Crippen LogP contribution in [0.15, 0.2) is 18.3 Å². The normalized spacial score (nSPS) is 16.6. The first-order chi connectivity index (χ1) is 8.33. The predicted molar refractivity (Wildman–Crippen MR) is 72.1 cm³/mol. The van der Waals surface area contributed by atoms with Gasteiger partial charge in [0, 0.05) is 31.5 Å². The molecule has 0 unspecified atom stereocenters. The van der Waals surface area contributed by atoms with Gasteiger partial charge in [-0.05, 0) is 31.5 Å². The Bertz CT molecular complexity index is 345. The molecule has 17 heavy (non-hydrogen) atoms. The Balaban J connectivity index is 2.01. The third-order valence-electron chi connectivity index (χ3n) is 3.72. The van der Waals surface area contributed by atoms with Crippen LogP contribution < -0.4 is 5.32 Å². The fourth-order valence-electron chi connectivity index (χ4n) is 2.70. The Kier molecular flexibility index (Phi) is 4.37. The monoisotopic (exact) mass is 233 g/mol. The van der Waals surface area contributed by atoms with Crippen LogP contribution in [0.1, 0.15) is 38.3 Å². The van der Waals surface area contributed by atoms with Crippen molar-refractivity contribution in [2.24, 2.45) is 0 Å². The molecule has 0 radical (unpaired) electrons. The van der Waals surface area contributed by atoms with E-state index in [1.165, 1.54) is 31.4 Å². The lowest BCUT2D eigenvalue weighted by atomic mass is 10.2. The van der Waals surface area contributed by atoms with Gasteiger partial charge in [0.25, 0.3) is 0 Å². The summed E-state index contributed by atoms with van der Waals surface area (Å²) >= 11 is 0. The van der Waals surface area contributed by atoms with Gasteiger partial charge in [0.1, 0.15) is 0 Å². The highest BCUT2D eigenvalue weighted by atomic mass is 15.2. The van der Waals surface area contributed by atoms with Crippen molar-refractivity contribution in [2.75, 3.05) is 18.9 Å². The molecule has 1 heterocycles. The number of hydrogen-bond acceptors (Lipinski definition) is 3. The van der Waals surface area contributed by atoms with Gasteiger partial charge in [0.2, 0.25) is 0 Å². The summed E-state index contributed by atoms with van der Waals surface area (Å²) in [5.74, 6) is 0. The minimum Gasteiger partial charge on any atom is -0.388 e. The quantitative estimate of drug-likeness (QED) is 0.847. The molecule has 0 bridgehead atoms. The zero-order valence-electron chi connectivity index (χ0n) is 10.9. The van der Waals surface area contributed by atoms with Crippen LogP contribution >= 0.6 is 0 Å². The molecule has 2 rings (SSSR count). The fourth-order valence-corrected chi connectivity index (χ4v) is 2.70. The second kappa shape index (κ2) is 6.01. The van der Waals surface area contributed by atoms with Crippen LogP contribution in [0.4, 0.5) is 5.69 Å². The lowest BCUT2D eigenvalue weighted by Crippen LogP contribution is -2.32. The molecule has 3 heteroatoms. The molecule has 1 aromatic rings. The first-order valence-electron chi connectivity index (χ1n) is 6.70. The van der Waals surface area contributed by atoms with Crippen LogP contribution in [-0.4, -0.2) is 29.5 Å². The van der Waals surface area contributed by atoms with E-state index in [4.69, 9.17) is 0 Å². The van der Waals surface area contributed by atoms with Crippen molar-refractivity contribution in [3.05, 3.63) is 24.0 Å². The Morgan fingerprint density at radius 2 is 2.18 bits per heavy atom. The summed E-state index contributed by atoms with van der Waals surface area (Å²) < 4.78 is 0. The van der Waals surface area contributed by atoms with Gasteiger partial charge in [-0.3, -0.25) is 9.88 Å². The molecule has 1 fully saturated rings. The fraction of sp³-hybridized carbons (Fsp3) is 0.643. The van der Waals surface area contributed by atoms with Crippen LogP contribution in [0, 0.1) is 0 Å². The average Bonchev–Trinajstić information content (AvgIpc) is 2.90. The van der Waals surface area contributed by atoms with E-state index in [1.54, 1.807) is 0 Å². The zero-order valence-corrected chi connectivity index (χ0v) is 10.9. The summed E-state index contributed by atoms with van der Waals surface area (Å²) in [5, 5.41) is 3.17. The van der Waals surface area contributed by atoms with Gasteiger partial charge in [-0.25, -0.2) is 0 Å². The summed E-state index contributed by atoms with van der Waals surface area (Å²) in [5.41, 5.74) is 2.32. The van der Waals surface area contributed by atoms with Crippen LogP contribution in [0.2, 0.25) is 0 Å². The molecule has 1 aliphatic carbocycles. The summed E-state index contributed by atoms with van der Waals surface area (Å²) in [6.07, 6.45) is 7.40. The lowest BCUT2D eigenvalue weighted by molar-refractivity contribution is 0.198. The van der Waals surface area contributed by atoms with Crippen LogP contribution in [0.3, 0.4) is 0 Å². The molecule has 1 N–H and O–H groups in total. The maximum atomic E-state index is 4.46. The Labute approximate surface area is 104 Å². The summed E-state index contributed by atoms with van der Waals surface area (Å²) in [4.78, 5) is 7.03. The lowest BCUT2D eigenvalue weighted by Gasteiger charge is -2.27. The van der Waals surface area contributed by atoms with Crippen molar-refractivity contribution >= 4 is 5.69 Å². The summed E-state index contributed by atoms with van der Waals surface area (Å²) in [6.45, 7) is 4.35. The number of pyridine rings is 1. The number of rotatable bonds is 5. The first kappa shape index (κ1) is 12.4. The minimum absolute atomic E-state index is 0.778. The number of nitrogens with one attached hydrogen (secondary N) is 1. The van der Waals surface area contributed by atoms with E-state index in [9.17, 15) is 0 Å². The summed E-state index contributed by atoms with van der Waals surface area (Å²) in [6, 6.07) is 4.94. The topological polar surface area (TPSA) is 28.2 Å². The molecule has 1 aliphatic rings. The molecule has 1 aromatic heterocycles. The van der Waals surface area contributed by atoms with E-state index in [1.807, 2.05) is 19.3 Å². The average molecular weight is 233 g/mol. The molecule has 1 saturated carbocycles. The molecule has 0 saturated heterocycles. The number of aromatic nitrogens is 1. The van der Waals surface area contributed by atoms with Gasteiger partial charge >= 0.3 is 0 Å². The number of anilines is 1. The molecule has 0 spiro atoms. The molecule has 0 atom stereocenters. The van der Waals surface area contributed by atoms with Crippen molar-refractivity contribution in [3.63, 3.8) is 0 Å². The van der Waals surface area contributed by atoms with E-state index in [2.05, 4.69) is 28.2 Å². The summed E-state index contributed by atoms with van der Waals surface area (Å²) in [7, 11) is 1.95. The molecular formula is C14H23N3. The van der Waals surface area contributed by atoms with Crippen LogP contribution in [-0.2, 0) is 6.54 Å². The SMILES string of the molecule is CCN(Cc1cc(NC)ccn1)C1CCCC1.